The van der Waals surface area contributed by atoms with Crippen molar-refractivity contribution in [3.63, 3.8) is 0 Å². The van der Waals surface area contributed by atoms with E-state index in [1.54, 1.807) is 7.05 Å². The SMILES string of the molecule is CNc1cc(OB(O)O)ccc1C#N. The number of nitrogens with one attached hydrogen (secondary N) is 1. The van der Waals surface area contributed by atoms with E-state index in [9.17, 15) is 0 Å². The van der Waals surface area contributed by atoms with Gasteiger partial charge in [0.05, 0.1) is 11.3 Å². The van der Waals surface area contributed by atoms with Crippen LogP contribution < -0.4 is 9.97 Å². The van der Waals surface area contributed by atoms with Crippen molar-refractivity contribution in [2.45, 2.75) is 0 Å². The standard InChI is InChI=1S/C8H9BN2O3/c1-11-8-4-7(14-9(12)13)3-2-6(8)5-10/h2-4,11-13H,1H3. The summed E-state index contributed by atoms with van der Waals surface area (Å²) in [6.45, 7) is 0. The summed E-state index contributed by atoms with van der Waals surface area (Å²) in [5.41, 5.74) is 1.04. The first kappa shape index (κ1) is 10.4. The van der Waals surface area contributed by atoms with Gasteiger partial charge >= 0.3 is 7.32 Å². The Morgan fingerprint density at radius 2 is 2.21 bits per heavy atom. The molecule has 0 unspecified atom stereocenters. The molecule has 6 heteroatoms. The molecule has 14 heavy (non-hydrogen) atoms. The molecular formula is C8H9BN2O3. The van der Waals surface area contributed by atoms with Gasteiger partial charge in [-0.25, -0.2) is 0 Å². The maximum atomic E-state index is 8.69. The molecule has 0 aliphatic heterocycles. The van der Waals surface area contributed by atoms with Crippen LogP contribution in [0.3, 0.4) is 0 Å². The quantitative estimate of drug-likeness (QED) is 0.584. The summed E-state index contributed by atoms with van der Waals surface area (Å²) < 4.78 is 4.62. The van der Waals surface area contributed by atoms with Crippen molar-refractivity contribution in [1.29, 1.82) is 5.26 Å². The van der Waals surface area contributed by atoms with Crippen LogP contribution in [0.4, 0.5) is 5.69 Å². The third-order valence-corrected chi connectivity index (χ3v) is 1.62. The van der Waals surface area contributed by atoms with Crippen molar-refractivity contribution in [2.75, 3.05) is 12.4 Å². The highest BCUT2D eigenvalue weighted by Gasteiger charge is 2.12. The maximum Gasteiger partial charge on any atom is 0.707 e. The molecule has 5 nitrogen and oxygen atoms in total. The molecule has 0 atom stereocenters. The van der Waals surface area contributed by atoms with Crippen molar-refractivity contribution in [1.82, 2.24) is 0 Å². The lowest BCUT2D eigenvalue weighted by atomic mass is 10.1. The largest absolute Gasteiger partial charge is 0.707 e. The third kappa shape index (κ3) is 2.39. The molecule has 1 rings (SSSR count). The molecule has 1 aromatic carbocycles. The lowest BCUT2D eigenvalue weighted by Gasteiger charge is -2.07. The molecule has 0 heterocycles. The van der Waals surface area contributed by atoms with Gasteiger partial charge in [0.15, 0.2) is 0 Å². The molecule has 0 amide bonds. The minimum Gasteiger partial charge on any atom is -0.512 e. The second-order valence-electron chi connectivity index (χ2n) is 2.51. The van der Waals surface area contributed by atoms with E-state index in [0.29, 0.717) is 11.3 Å². The number of benzene rings is 1. The molecule has 0 saturated carbocycles. The highest BCUT2D eigenvalue weighted by atomic mass is 16.6. The van der Waals surface area contributed by atoms with E-state index in [0.717, 1.165) is 0 Å². The van der Waals surface area contributed by atoms with Crippen LogP contribution >= 0.6 is 0 Å². The van der Waals surface area contributed by atoms with E-state index >= 15 is 0 Å². The van der Waals surface area contributed by atoms with Gasteiger partial charge < -0.3 is 20.0 Å². The van der Waals surface area contributed by atoms with Gasteiger partial charge in [-0.3, -0.25) is 0 Å². The molecule has 0 spiro atoms. The molecular weight excluding hydrogens is 183 g/mol. The molecule has 0 radical (unpaired) electrons. The Labute approximate surface area is 81.7 Å². The molecule has 3 N–H and O–H groups in total. The summed E-state index contributed by atoms with van der Waals surface area (Å²) in [6.07, 6.45) is 0. The van der Waals surface area contributed by atoms with Gasteiger partial charge in [-0.15, -0.1) is 0 Å². The molecule has 0 aromatic heterocycles. The Bertz CT molecular complexity index is 362. The lowest BCUT2D eigenvalue weighted by Crippen LogP contribution is -2.20. The molecule has 0 fully saturated rings. The summed E-state index contributed by atoms with van der Waals surface area (Å²) in [4.78, 5) is 0. The summed E-state index contributed by atoms with van der Waals surface area (Å²) in [5, 5.41) is 28.6. The molecule has 1 aromatic rings. The van der Waals surface area contributed by atoms with E-state index in [-0.39, 0.29) is 5.75 Å². The van der Waals surface area contributed by atoms with Crippen LogP contribution in [-0.2, 0) is 0 Å². The number of nitriles is 1. The summed E-state index contributed by atoms with van der Waals surface area (Å²) in [6, 6.07) is 6.51. The molecule has 0 aliphatic carbocycles. The highest BCUT2D eigenvalue weighted by molar-refractivity contribution is 6.33. The molecule has 0 bridgehead atoms. The summed E-state index contributed by atoms with van der Waals surface area (Å²) in [7, 11) is -0.192. The van der Waals surface area contributed by atoms with Gasteiger partial charge in [0.25, 0.3) is 0 Å². The van der Waals surface area contributed by atoms with Gasteiger partial charge in [-0.2, -0.15) is 5.26 Å². The summed E-state index contributed by atoms with van der Waals surface area (Å²) >= 11 is 0. The molecule has 72 valence electrons. The zero-order chi connectivity index (χ0) is 10.6. The number of hydrogen-bond acceptors (Lipinski definition) is 5. The lowest BCUT2D eigenvalue weighted by molar-refractivity contribution is 0.288. The van der Waals surface area contributed by atoms with Crippen LogP contribution in [0.2, 0.25) is 0 Å². The van der Waals surface area contributed by atoms with Crippen LogP contribution in [0.15, 0.2) is 18.2 Å². The van der Waals surface area contributed by atoms with Crippen LogP contribution in [0.25, 0.3) is 0 Å². The molecule has 0 aliphatic rings. The van der Waals surface area contributed by atoms with E-state index < -0.39 is 7.32 Å². The number of nitrogens with zero attached hydrogens (tertiary/aromatic N) is 1. The first-order valence-corrected chi connectivity index (χ1v) is 3.92. The Hall–Kier alpha value is -1.71. The fraction of sp³-hybridized carbons (Fsp3) is 0.125. The van der Waals surface area contributed by atoms with Crippen molar-refractivity contribution in [2.24, 2.45) is 0 Å². The van der Waals surface area contributed by atoms with Gasteiger partial charge in [0.1, 0.15) is 11.8 Å². The first-order valence-electron chi connectivity index (χ1n) is 3.92. The van der Waals surface area contributed by atoms with Gasteiger partial charge in [-0.1, -0.05) is 0 Å². The van der Waals surface area contributed by atoms with E-state index in [1.165, 1.54) is 18.2 Å². The average Bonchev–Trinajstić information content (AvgIpc) is 2.16. The fourth-order valence-electron chi connectivity index (χ4n) is 1.02. The van der Waals surface area contributed by atoms with E-state index in [4.69, 9.17) is 15.3 Å². The van der Waals surface area contributed by atoms with Crippen molar-refractivity contribution >= 4 is 13.0 Å². The Kier molecular flexibility index (Phi) is 3.34. The van der Waals surface area contributed by atoms with Crippen LogP contribution in [0.1, 0.15) is 5.56 Å². The van der Waals surface area contributed by atoms with E-state index in [1.807, 2.05) is 6.07 Å². The topological polar surface area (TPSA) is 85.5 Å². The number of hydrogen-bond donors (Lipinski definition) is 3. The zero-order valence-electron chi connectivity index (χ0n) is 7.56. The Balaban J connectivity index is 2.97. The average molecular weight is 192 g/mol. The Morgan fingerprint density at radius 1 is 1.50 bits per heavy atom. The Morgan fingerprint density at radius 3 is 2.71 bits per heavy atom. The molecule has 0 saturated heterocycles. The first-order chi connectivity index (χ1) is 6.67. The maximum absolute atomic E-state index is 8.69. The third-order valence-electron chi connectivity index (χ3n) is 1.62. The smallest absolute Gasteiger partial charge is 0.512 e. The number of anilines is 1. The normalized spacial score (nSPS) is 9.00. The van der Waals surface area contributed by atoms with Crippen LogP contribution in [-0.4, -0.2) is 24.4 Å². The zero-order valence-corrected chi connectivity index (χ0v) is 7.56. The van der Waals surface area contributed by atoms with Crippen molar-refractivity contribution < 1.29 is 14.7 Å². The highest BCUT2D eigenvalue weighted by Crippen LogP contribution is 2.21. The fourth-order valence-corrected chi connectivity index (χ4v) is 1.02. The predicted octanol–water partition coefficient (Wildman–Crippen LogP) is -0.0517. The van der Waals surface area contributed by atoms with Gasteiger partial charge in [0, 0.05) is 13.1 Å². The van der Waals surface area contributed by atoms with Gasteiger partial charge in [0.2, 0.25) is 0 Å². The minimum atomic E-state index is -1.85. The second-order valence-corrected chi connectivity index (χ2v) is 2.51. The summed E-state index contributed by atoms with van der Waals surface area (Å²) in [5.74, 6) is 0.281. The predicted molar refractivity (Wildman–Crippen MR) is 51.5 cm³/mol. The monoisotopic (exact) mass is 192 g/mol. The van der Waals surface area contributed by atoms with Crippen LogP contribution in [0, 0.1) is 11.3 Å². The van der Waals surface area contributed by atoms with Crippen molar-refractivity contribution in [3.05, 3.63) is 23.8 Å². The second kappa shape index (κ2) is 4.51. The van der Waals surface area contributed by atoms with E-state index in [2.05, 4.69) is 9.97 Å². The van der Waals surface area contributed by atoms with Crippen LogP contribution in [0.5, 0.6) is 5.75 Å². The minimum absolute atomic E-state index is 0.281. The van der Waals surface area contributed by atoms with Crippen molar-refractivity contribution in [3.8, 4) is 11.8 Å². The van der Waals surface area contributed by atoms with Gasteiger partial charge in [-0.05, 0) is 12.1 Å². The number of rotatable bonds is 3.